The third-order valence-corrected chi connectivity index (χ3v) is 20.5. The highest BCUT2D eigenvalue weighted by Gasteiger charge is 2.60. The topological polar surface area (TPSA) is 695 Å². The summed E-state index contributed by atoms with van der Waals surface area (Å²) in [7, 11) is 1.09. The van der Waals surface area contributed by atoms with Gasteiger partial charge in [0.05, 0.1) is 52.9 Å². The molecule has 8 saturated heterocycles. The Morgan fingerprint density at radius 2 is 0.566 bits per heavy atom. The fourth-order valence-corrected chi connectivity index (χ4v) is 14.1. The molecule has 0 radical (unpaired) electrons. The van der Waals surface area contributed by atoms with Crippen molar-refractivity contribution in [2.45, 2.75) is 272 Å². The molecule has 106 heavy (non-hydrogen) atoms. The first-order chi connectivity index (χ1) is 50.3. The second-order valence-electron chi connectivity index (χ2n) is 27.6. The lowest BCUT2D eigenvalue weighted by molar-refractivity contribution is -0.399. The molecular formula is C62H99NO43. The van der Waals surface area contributed by atoms with Crippen molar-refractivity contribution in [1.29, 1.82) is 0 Å². The van der Waals surface area contributed by atoms with E-state index in [2.05, 4.69) is 5.32 Å². The number of rotatable bonds is 27. The summed E-state index contributed by atoms with van der Waals surface area (Å²) in [5.74, 6) is -0.335. The molecule has 1 aromatic carbocycles. The van der Waals surface area contributed by atoms with E-state index >= 15 is 0 Å². The standard InChI is InChI=1S/C62H99NO43/c1-62(2)27(63-53(89)52(62)88)8-17-4-6-18(7-5-17)91-54-37(81)30(74)49(25(15-70)93-54)106-61-51(90-3)43(87)50(26(16-71)99-61)105-60-42(86)35(79)48(24(14-69)98-60)104-59-41(85)34(78)47(23(13-68)97-59)103-58-40(84)33(77)46(22(12-67)96-58)102-57-39(83)32(76)45(21(11-66)95-57)101-56-38(82)31(75)44(20(10-65)94-56)100-55-36(80)29(73)28(72)19(9-64)92-55/h4-7,19-51,54-61,63-89H,8-16H2,1-3H3/t19-,20-,21-,22-,23-,24-,25-,26-,27?,28-,29+,30-,31-,32-,33-,34-,35-,36-,37-,38-,39-,40-,41-,42-,43+,44-,45-,46-,47-,48-,49-,50-,51-,54-,55+,56+,57+,58+,59+,60+,61+/m1/s1. The van der Waals surface area contributed by atoms with Gasteiger partial charge in [-0.05, 0) is 24.1 Å². The Morgan fingerprint density at radius 3 is 0.849 bits per heavy atom. The molecule has 44 heteroatoms. The molecule has 0 amide bonds. The van der Waals surface area contributed by atoms with E-state index in [9.17, 15) is 133 Å². The molecule has 9 aliphatic rings. The third kappa shape index (κ3) is 17.2. The van der Waals surface area contributed by atoms with Crippen LogP contribution < -0.4 is 10.1 Å². The summed E-state index contributed by atoms with van der Waals surface area (Å²) in [5.41, 5.74) is -0.0145. The van der Waals surface area contributed by atoms with Gasteiger partial charge in [0.25, 0.3) is 0 Å². The molecule has 10 rings (SSSR count). The number of ether oxygens (including phenoxy) is 17. The monoisotopic (exact) mass is 1550 g/mol. The first-order valence-corrected chi connectivity index (χ1v) is 34.1. The maximum absolute atomic E-state index is 11.8. The summed E-state index contributed by atoms with van der Waals surface area (Å²) in [6.45, 7) is -4.47. The quantitative estimate of drug-likeness (QED) is 0.0389. The fraction of sp³-hybridized carbons (Fsp3) is 0.871. The van der Waals surface area contributed by atoms with Crippen LogP contribution in [-0.4, -0.2) is 444 Å². The zero-order valence-corrected chi connectivity index (χ0v) is 56.9. The number of methoxy groups -OCH3 is 1. The van der Waals surface area contributed by atoms with E-state index in [-0.39, 0.29) is 23.4 Å². The third-order valence-electron chi connectivity index (χ3n) is 20.5. The van der Waals surface area contributed by atoms with Crippen molar-refractivity contribution in [3.63, 3.8) is 0 Å². The zero-order valence-electron chi connectivity index (χ0n) is 56.9. The Balaban J connectivity index is 0.710. The van der Waals surface area contributed by atoms with Gasteiger partial charge in [0.1, 0.15) is 201 Å². The Kier molecular flexibility index (Phi) is 29.0. The molecule has 9 heterocycles. The van der Waals surface area contributed by atoms with Gasteiger partial charge in [-0.1, -0.05) is 26.0 Å². The SMILES string of the molecule is CO[C@H]1[C@H](O[C@H]2[C@H](O)[C@@H](O)[C@H](Oc3ccc(CC4NC(O)=C(O)C4(C)C)cc3)O[C@@H]2CO)O[C@H](CO)[C@@H](O[C@@H]2O[C@H](CO)[C@@H](O[C@@H]3O[C@H](CO)[C@@H](O[C@@H]4O[C@H](CO)[C@@H](O[C@@H]5O[C@H](CO)[C@@H](O[C@@H]6O[C@H](CO)[C@@H](O[C@@H]7O[C@H](CO)[C@@H](O)[C@H](O)[C@H]7O)[C@H](O)[C@H]6O)[C@H](O)[C@H]5O)[C@H](O)[C@H]4O)[C@H](O)[C@H]3O)[C@H](O)[C@H]2O)[C@@H]1O. The molecule has 0 saturated carbocycles. The van der Waals surface area contributed by atoms with Crippen molar-refractivity contribution in [3.05, 3.63) is 41.5 Å². The maximum atomic E-state index is 11.8. The van der Waals surface area contributed by atoms with Gasteiger partial charge in [-0.15, -0.1) is 0 Å². The van der Waals surface area contributed by atoms with E-state index < -0.39 is 304 Å². The molecule has 41 atom stereocenters. The van der Waals surface area contributed by atoms with E-state index in [1.807, 2.05) is 0 Å². The Bertz CT molecular complexity index is 2910. The van der Waals surface area contributed by atoms with Crippen molar-refractivity contribution >= 4 is 0 Å². The zero-order chi connectivity index (χ0) is 77.4. The van der Waals surface area contributed by atoms with Gasteiger partial charge in [0.15, 0.2) is 49.8 Å². The van der Waals surface area contributed by atoms with E-state index in [0.717, 1.165) is 12.7 Å². The highest BCUT2D eigenvalue weighted by molar-refractivity contribution is 5.30. The normalized spacial score (nSPS) is 48.8. The molecular weight excluding hydrogens is 1450 g/mol. The molecule has 1 unspecified atom stereocenters. The lowest BCUT2D eigenvalue weighted by Gasteiger charge is -2.50. The number of benzene rings is 1. The largest absolute Gasteiger partial charge is 0.506 e. The van der Waals surface area contributed by atoms with Crippen LogP contribution in [0.15, 0.2) is 35.9 Å². The van der Waals surface area contributed by atoms with Gasteiger partial charge in [-0.2, -0.15) is 0 Å². The van der Waals surface area contributed by atoms with E-state index in [0.29, 0.717) is 6.42 Å². The average molecular weight is 1550 g/mol. The van der Waals surface area contributed by atoms with Crippen molar-refractivity contribution in [3.8, 4) is 5.75 Å². The van der Waals surface area contributed by atoms with Crippen molar-refractivity contribution in [2.75, 3.05) is 60.0 Å². The maximum Gasteiger partial charge on any atom is 0.229 e. The number of nitrogens with one attached hydrogen (secondary N) is 1. The molecule has 610 valence electrons. The smallest absolute Gasteiger partial charge is 0.229 e. The lowest BCUT2D eigenvalue weighted by Crippen LogP contribution is -2.68. The Labute approximate surface area is 601 Å². The van der Waals surface area contributed by atoms with E-state index in [1.165, 1.54) is 0 Å². The van der Waals surface area contributed by atoms with Crippen LogP contribution in [0.2, 0.25) is 0 Å². The van der Waals surface area contributed by atoms with Crippen molar-refractivity contribution in [2.24, 2.45) is 5.41 Å². The minimum Gasteiger partial charge on any atom is -0.506 e. The summed E-state index contributed by atoms with van der Waals surface area (Å²) >= 11 is 0. The average Bonchev–Trinajstić information content (AvgIpc) is 1.08. The highest BCUT2D eigenvalue weighted by atomic mass is 16.8. The number of aliphatic hydroxyl groups is 26. The summed E-state index contributed by atoms with van der Waals surface area (Å²) < 4.78 is 97.3. The van der Waals surface area contributed by atoms with Crippen molar-refractivity contribution in [1.82, 2.24) is 5.32 Å². The van der Waals surface area contributed by atoms with Crippen LogP contribution in [-0.2, 0) is 82.2 Å². The summed E-state index contributed by atoms with van der Waals surface area (Å²) in [5, 5.41) is 285. The van der Waals surface area contributed by atoms with E-state index in [4.69, 9.17) is 80.5 Å². The number of hydrogen-bond acceptors (Lipinski definition) is 44. The minimum atomic E-state index is -2.27. The number of hydrogen-bond donors (Lipinski definition) is 27. The van der Waals surface area contributed by atoms with Gasteiger partial charge >= 0.3 is 0 Å². The molecule has 0 spiro atoms. The van der Waals surface area contributed by atoms with Crippen LogP contribution in [0.3, 0.4) is 0 Å². The predicted octanol–water partition coefficient (Wildman–Crippen LogP) is -14.9. The second kappa shape index (κ2) is 36.1. The van der Waals surface area contributed by atoms with Gasteiger partial charge in [-0.3, -0.25) is 0 Å². The molecule has 8 fully saturated rings. The first kappa shape index (κ1) is 85.0. The molecule has 0 aliphatic carbocycles. The predicted molar refractivity (Wildman–Crippen MR) is 331 cm³/mol. The Morgan fingerprint density at radius 1 is 0.311 bits per heavy atom. The molecule has 0 bridgehead atoms. The highest BCUT2D eigenvalue weighted by Crippen LogP contribution is 2.41. The van der Waals surface area contributed by atoms with Crippen LogP contribution in [0.25, 0.3) is 0 Å². The van der Waals surface area contributed by atoms with Gasteiger partial charge in [0, 0.05) is 18.6 Å². The summed E-state index contributed by atoms with van der Waals surface area (Å²) in [6, 6.07) is 6.09. The van der Waals surface area contributed by atoms with Crippen LogP contribution in [0.1, 0.15) is 19.4 Å². The molecule has 44 nitrogen and oxygen atoms in total. The molecule has 9 aliphatic heterocycles. The van der Waals surface area contributed by atoms with Crippen LogP contribution >= 0.6 is 0 Å². The second-order valence-corrected chi connectivity index (χ2v) is 27.6. The minimum absolute atomic E-state index is 0.169. The van der Waals surface area contributed by atoms with E-state index in [1.54, 1.807) is 38.1 Å². The molecule has 0 aromatic heterocycles. The first-order valence-electron chi connectivity index (χ1n) is 34.1. The Hall–Kier alpha value is -3.44. The molecule has 1 aromatic rings. The summed E-state index contributed by atoms with van der Waals surface area (Å²) in [4.78, 5) is 0. The van der Waals surface area contributed by atoms with Crippen molar-refractivity contribution < 1.29 is 213 Å². The molecule has 27 N–H and O–H groups in total. The summed E-state index contributed by atoms with van der Waals surface area (Å²) in [6.07, 6.45) is -76.4. The van der Waals surface area contributed by atoms with Crippen LogP contribution in [0.5, 0.6) is 5.75 Å². The number of aliphatic hydroxyl groups excluding tert-OH is 26. The van der Waals surface area contributed by atoms with Gasteiger partial charge < -0.3 is 219 Å². The van der Waals surface area contributed by atoms with Crippen LogP contribution in [0, 0.1) is 5.41 Å². The van der Waals surface area contributed by atoms with Crippen LogP contribution in [0.4, 0.5) is 0 Å². The van der Waals surface area contributed by atoms with Gasteiger partial charge in [-0.25, -0.2) is 0 Å². The lowest BCUT2D eigenvalue weighted by atomic mass is 9.82. The fourth-order valence-electron chi connectivity index (χ4n) is 14.1. The van der Waals surface area contributed by atoms with Gasteiger partial charge in [0.2, 0.25) is 12.2 Å².